The van der Waals surface area contributed by atoms with Crippen molar-refractivity contribution in [1.82, 2.24) is 4.98 Å². The van der Waals surface area contributed by atoms with Crippen LogP contribution < -0.4 is 10.1 Å². The van der Waals surface area contributed by atoms with Gasteiger partial charge in [0.2, 0.25) is 5.91 Å². The average Bonchev–Trinajstić information content (AvgIpc) is 2.69. The molecule has 0 radical (unpaired) electrons. The van der Waals surface area contributed by atoms with Gasteiger partial charge in [-0.2, -0.15) is 0 Å². The fourth-order valence-electron chi connectivity index (χ4n) is 2.23. The number of pyridine rings is 1. The van der Waals surface area contributed by atoms with Gasteiger partial charge in [0, 0.05) is 34.6 Å². The Labute approximate surface area is 157 Å². The Bertz CT molecular complexity index is 824. The fraction of sp³-hybridized carbons (Fsp3) is 0.143. The Morgan fingerprint density at radius 1 is 1.00 bits per heavy atom. The molecule has 4 nitrogen and oxygen atoms in total. The molecule has 1 N–H and O–H groups in total. The van der Waals surface area contributed by atoms with Gasteiger partial charge in [-0.25, -0.2) is 0 Å². The Hall–Kier alpha value is -2.79. The van der Waals surface area contributed by atoms with Crippen LogP contribution >= 0.6 is 11.8 Å². The molecule has 0 aliphatic rings. The largest absolute Gasteiger partial charge is 0.457 e. The molecule has 0 spiro atoms. The van der Waals surface area contributed by atoms with Gasteiger partial charge in [0.25, 0.3) is 0 Å². The zero-order valence-corrected chi connectivity index (χ0v) is 15.3. The van der Waals surface area contributed by atoms with Crippen molar-refractivity contribution in [2.75, 3.05) is 11.1 Å². The molecule has 1 amide bonds. The molecule has 0 saturated carbocycles. The van der Waals surface area contributed by atoms with E-state index >= 15 is 0 Å². The molecule has 1 atom stereocenters. The number of carbonyl (C=O) groups is 1. The molecule has 0 fully saturated rings. The molecule has 1 aromatic heterocycles. The molecule has 0 aliphatic heterocycles. The summed E-state index contributed by atoms with van der Waals surface area (Å²) in [6.45, 7) is 1.94. The second-order valence-corrected chi connectivity index (χ2v) is 6.92. The van der Waals surface area contributed by atoms with Gasteiger partial charge in [-0.05, 0) is 48.5 Å². The molecule has 2 aromatic carbocycles. The topological polar surface area (TPSA) is 51.2 Å². The quantitative estimate of drug-likeness (QED) is 0.583. The van der Waals surface area contributed by atoms with Crippen LogP contribution in [0.25, 0.3) is 0 Å². The summed E-state index contributed by atoms with van der Waals surface area (Å²) in [6, 6.07) is 21.0. The van der Waals surface area contributed by atoms with E-state index in [1.54, 1.807) is 36.3 Å². The average molecular weight is 364 g/mol. The molecular formula is C21H20N2O2S. The summed E-state index contributed by atoms with van der Waals surface area (Å²) in [5, 5.41) is 2.95. The number of rotatable bonds is 7. The van der Waals surface area contributed by atoms with E-state index in [0.29, 0.717) is 5.75 Å². The van der Waals surface area contributed by atoms with Crippen molar-refractivity contribution < 1.29 is 9.53 Å². The van der Waals surface area contributed by atoms with Gasteiger partial charge in [0.1, 0.15) is 11.5 Å². The minimum Gasteiger partial charge on any atom is -0.457 e. The SMILES string of the molecule is CC(CSc1ccccc1)C(=O)Nc1ccc(Oc2ccncc2)cc1. The number of ether oxygens (including phenoxy) is 1. The number of aromatic nitrogens is 1. The van der Waals surface area contributed by atoms with Crippen LogP contribution in [0.3, 0.4) is 0 Å². The molecule has 26 heavy (non-hydrogen) atoms. The van der Waals surface area contributed by atoms with Crippen LogP contribution in [0.15, 0.2) is 84.0 Å². The third-order valence-corrected chi connectivity index (χ3v) is 4.97. The lowest BCUT2D eigenvalue weighted by molar-refractivity contribution is -0.118. The number of hydrogen-bond acceptors (Lipinski definition) is 4. The number of nitrogens with zero attached hydrogens (tertiary/aromatic N) is 1. The Morgan fingerprint density at radius 2 is 1.65 bits per heavy atom. The number of benzene rings is 2. The molecule has 3 rings (SSSR count). The number of carbonyl (C=O) groups excluding carboxylic acids is 1. The minimum atomic E-state index is -0.0899. The minimum absolute atomic E-state index is 0.0104. The van der Waals surface area contributed by atoms with Crippen molar-refractivity contribution in [3.05, 3.63) is 79.1 Å². The molecule has 0 aliphatic carbocycles. The van der Waals surface area contributed by atoms with Gasteiger partial charge < -0.3 is 10.1 Å². The van der Waals surface area contributed by atoms with Crippen LogP contribution in [0, 0.1) is 5.92 Å². The third-order valence-electron chi connectivity index (χ3n) is 3.70. The first-order chi connectivity index (χ1) is 12.7. The summed E-state index contributed by atoms with van der Waals surface area (Å²) >= 11 is 1.69. The number of anilines is 1. The van der Waals surface area contributed by atoms with Gasteiger partial charge in [-0.15, -0.1) is 11.8 Å². The summed E-state index contributed by atoms with van der Waals surface area (Å²) in [6.07, 6.45) is 3.36. The maximum atomic E-state index is 12.3. The van der Waals surface area contributed by atoms with E-state index in [4.69, 9.17) is 4.74 Å². The molecule has 1 unspecified atom stereocenters. The zero-order chi connectivity index (χ0) is 18.2. The van der Waals surface area contributed by atoms with Crippen LogP contribution in [-0.4, -0.2) is 16.6 Å². The van der Waals surface area contributed by atoms with Gasteiger partial charge in [-0.1, -0.05) is 25.1 Å². The second-order valence-electron chi connectivity index (χ2n) is 5.82. The smallest absolute Gasteiger partial charge is 0.228 e. The summed E-state index contributed by atoms with van der Waals surface area (Å²) < 4.78 is 5.72. The molecular weight excluding hydrogens is 344 g/mol. The highest BCUT2D eigenvalue weighted by molar-refractivity contribution is 7.99. The first-order valence-corrected chi connectivity index (χ1v) is 9.36. The highest BCUT2D eigenvalue weighted by Gasteiger charge is 2.13. The van der Waals surface area contributed by atoms with Gasteiger partial charge >= 0.3 is 0 Å². The molecule has 0 saturated heterocycles. The van der Waals surface area contributed by atoms with Crippen LogP contribution in [0.5, 0.6) is 11.5 Å². The Kier molecular flexibility index (Phi) is 6.28. The predicted octanol–water partition coefficient (Wildman–Crippen LogP) is 5.24. The van der Waals surface area contributed by atoms with Crippen molar-refractivity contribution in [3.63, 3.8) is 0 Å². The normalized spacial score (nSPS) is 11.6. The monoisotopic (exact) mass is 364 g/mol. The molecule has 5 heteroatoms. The molecule has 0 bridgehead atoms. The maximum absolute atomic E-state index is 12.3. The number of nitrogens with one attached hydrogen (secondary N) is 1. The van der Waals surface area contributed by atoms with Crippen LogP contribution in [0.1, 0.15) is 6.92 Å². The summed E-state index contributed by atoms with van der Waals surface area (Å²) in [5.74, 6) is 2.09. The van der Waals surface area contributed by atoms with Crippen LogP contribution in [0.4, 0.5) is 5.69 Å². The van der Waals surface area contributed by atoms with E-state index in [9.17, 15) is 4.79 Å². The second kappa shape index (κ2) is 9.06. The fourth-order valence-corrected chi connectivity index (χ4v) is 3.17. The van der Waals surface area contributed by atoms with E-state index in [0.717, 1.165) is 17.2 Å². The Balaban J connectivity index is 1.50. The zero-order valence-electron chi connectivity index (χ0n) is 14.5. The molecule has 132 valence electrons. The van der Waals surface area contributed by atoms with Gasteiger partial charge in [0.05, 0.1) is 0 Å². The number of thioether (sulfide) groups is 1. The lowest BCUT2D eigenvalue weighted by Crippen LogP contribution is -2.22. The van der Waals surface area contributed by atoms with E-state index in [1.807, 2.05) is 49.4 Å². The summed E-state index contributed by atoms with van der Waals surface area (Å²) in [4.78, 5) is 17.5. The highest BCUT2D eigenvalue weighted by Crippen LogP contribution is 2.24. The predicted molar refractivity (Wildman–Crippen MR) is 106 cm³/mol. The van der Waals surface area contributed by atoms with E-state index in [1.165, 1.54) is 4.90 Å². The van der Waals surface area contributed by atoms with E-state index in [-0.39, 0.29) is 11.8 Å². The van der Waals surface area contributed by atoms with Crippen LogP contribution in [-0.2, 0) is 4.79 Å². The van der Waals surface area contributed by atoms with Crippen molar-refractivity contribution in [2.24, 2.45) is 5.92 Å². The summed E-state index contributed by atoms with van der Waals surface area (Å²) in [5.41, 5.74) is 0.758. The van der Waals surface area contributed by atoms with Crippen molar-refractivity contribution in [2.45, 2.75) is 11.8 Å². The first kappa shape index (κ1) is 18.0. The van der Waals surface area contributed by atoms with Gasteiger partial charge in [-0.3, -0.25) is 9.78 Å². The standard InChI is InChI=1S/C21H20N2O2S/c1-16(15-26-20-5-3-2-4-6-20)21(24)23-17-7-9-18(10-8-17)25-19-11-13-22-14-12-19/h2-14,16H,15H2,1H3,(H,23,24). The lowest BCUT2D eigenvalue weighted by Gasteiger charge is -2.12. The molecule has 3 aromatic rings. The van der Waals surface area contributed by atoms with E-state index in [2.05, 4.69) is 22.4 Å². The maximum Gasteiger partial charge on any atom is 0.228 e. The molecule has 1 heterocycles. The number of hydrogen-bond donors (Lipinski definition) is 1. The first-order valence-electron chi connectivity index (χ1n) is 8.37. The van der Waals surface area contributed by atoms with Crippen LogP contribution in [0.2, 0.25) is 0 Å². The summed E-state index contributed by atoms with van der Waals surface area (Å²) in [7, 11) is 0. The number of amides is 1. The van der Waals surface area contributed by atoms with E-state index < -0.39 is 0 Å². The van der Waals surface area contributed by atoms with Gasteiger partial charge in [0.15, 0.2) is 0 Å². The third kappa shape index (κ3) is 5.36. The van der Waals surface area contributed by atoms with Crippen molar-refractivity contribution in [3.8, 4) is 11.5 Å². The Morgan fingerprint density at radius 3 is 2.35 bits per heavy atom. The van der Waals surface area contributed by atoms with Crippen molar-refractivity contribution >= 4 is 23.4 Å². The van der Waals surface area contributed by atoms with Crippen molar-refractivity contribution in [1.29, 1.82) is 0 Å². The highest BCUT2D eigenvalue weighted by atomic mass is 32.2. The lowest BCUT2D eigenvalue weighted by atomic mass is 10.2.